The molecule has 7 heteroatoms. The van der Waals surface area contributed by atoms with Gasteiger partial charge in [0.25, 0.3) is 0 Å². The Morgan fingerprint density at radius 1 is 1.17 bits per heavy atom. The molecule has 0 aliphatic rings. The number of hydrogen-bond donors (Lipinski definition) is 1. The minimum atomic E-state index is -4.39. The molecule has 126 valence electrons. The molecule has 1 N–H and O–H groups in total. The van der Waals surface area contributed by atoms with E-state index in [1.54, 1.807) is 0 Å². The Kier molecular flexibility index (Phi) is 4.45. The summed E-state index contributed by atoms with van der Waals surface area (Å²) in [6.45, 7) is 4.22. The molecule has 0 aliphatic heterocycles. The number of pyridine rings is 1. The minimum Gasteiger partial charge on any atom is -0.379 e. The molecule has 3 aromatic rings. The van der Waals surface area contributed by atoms with E-state index >= 15 is 0 Å². The van der Waals surface area contributed by atoms with E-state index < -0.39 is 11.2 Å². The minimum absolute atomic E-state index is 0.243. The average Bonchev–Trinajstić information content (AvgIpc) is 3.01. The van der Waals surface area contributed by atoms with Gasteiger partial charge in [0.1, 0.15) is 0 Å². The molecule has 3 nitrogen and oxygen atoms in total. The summed E-state index contributed by atoms with van der Waals surface area (Å²) in [6, 6.07) is 7.73. The second kappa shape index (κ2) is 6.39. The number of halogens is 3. The van der Waals surface area contributed by atoms with Crippen molar-refractivity contribution in [3.63, 3.8) is 0 Å². The van der Waals surface area contributed by atoms with E-state index in [2.05, 4.69) is 15.3 Å². The number of thiazole rings is 1. The van der Waals surface area contributed by atoms with E-state index in [-0.39, 0.29) is 6.54 Å². The van der Waals surface area contributed by atoms with Crippen LogP contribution >= 0.6 is 11.3 Å². The van der Waals surface area contributed by atoms with Crippen molar-refractivity contribution in [2.24, 2.45) is 0 Å². The lowest BCUT2D eigenvalue weighted by atomic mass is 10.0. The van der Waals surface area contributed by atoms with Gasteiger partial charge in [-0.1, -0.05) is 25.1 Å². The molecule has 0 unspecified atom stereocenters. The quantitative estimate of drug-likeness (QED) is 0.703. The Bertz CT molecular complexity index is 871. The van der Waals surface area contributed by atoms with E-state index in [9.17, 15) is 13.2 Å². The maximum absolute atomic E-state index is 12.7. The van der Waals surface area contributed by atoms with Crippen LogP contribution in [0.15, 0.2) is 29.6 Å². The van der Waals surface area contributed by atoms with Gasteiger partial charge in [0.15, 0.2) is 5.01 Å². The first-order chi connectivity index (χ1) is 11.4. The van der Waals surface area contributed by atoms with Gasteiger partial charge in [0, 0.05) is 22.1 Å². The summed E-state index contributed by atoms with van der Waals surface area (Å²) in [5.74, 6) is 0. The molecule has 0 atom stereocenters. The van der Waals surface area contributed by atoms with Crippen LogP contribution in [0.5, 0.6) is 0 Å². The van der Waals surface area contributed by atoms with Crippen LogP contribution in [0.3, 0.4) is 0 Å². The number of hydrogen-bond acceptors (Lipinski definition) is 4. The number of nitrogens with one attached hydrogen (secondary N) is 1. The van der Waals surface area contributed by atoms with Gasteiger partial charge >= 0.3 is 6.18 Å². The molecule has 0 saturated carbocycles. The Morgan fingerprint density at radius 3 is 2.58 bits per heavy atom. The number of aryl methyl sites for hydroxylation is 1. The molecule has 0 amide bonds. The zero-order valence-electron chi connectivity index (χ0n) is 13.2. The van der Waals surface area contributed by atoms with Gasteiger partial charge in [-0.05, 0) is 25.0 Å². The summed E-state index contributed by atoms with van der Waals surface area (Å²) in [6.07, 6.45) is -3.60. The first-order valence-corrected chi connectivity index (χ1v) is 8.41. The normalized spacial score (nSPS) is 11.9. The number of para-hydroxylation sites is 1. The molecular formula is C17H16F3N3S. The lowest BCUT2D eigenvalue weighted by molar-refractivity contribution is -0.137. The second-order valence-corrected chi connectivity index (χ2v) is 6.27. The van der Waals surface area contributed by atoms with E-state index in [4.69, 9.17) is 0 Å². The molecule has 2 heterocycles. The van der Waals surface area contributed by atoms with Crippen LogP contribution in [0.2, 0.25) is 0 Å². The van der Waals surface area contributed by atoms with E-state index in [1.165, 1.54) is 5.38 Å². The third-order valence-corrected chi connectivity index (χ3v) is 4.73. The average molecular weight is 351 g/mol. The lowest BCUT2D eigenvalue weighted by Crippen LogP contribution is -2.08. The van der Waals surface area contributed by atoms with E-state index in [0.29, 0.717) is 17.0 Å². The van der Waals surface area contributed by atoms with Gasteiger partial charge in [-0.2, -0.15) is 13.2 Å². The summed E-state index contributed by atoms with van der Waals surface area (Å²) in [5, 5.41) is 4.86. The molecule has 0 radical (unpaired) electrons. The highest BCUT2D eigenvalue weighted by Gasteiger charge is 2.34. The summed E-state index contributed by atoms with van der Waals surface area (Å²) >= 11 is 0.620. The molecule has 0 spiro atoms. The summed E-state index contributed by atoms with van der Waals surface area (Å²) in [5.41, 5.74) is 4.16. The van der Waals surface area contributed by atoms with E-state index in [1.807, 2.05) is 38.1 Å². The van der Waals surface area contributed by atoms with Gasteiger partial charge in [-0.25, -0.2) is 4.98 Å². The van der Waals surface area contributed by atoms with Crippen LogP contribution in [0.4, 0.5) is 18.9 Å². The highest BCUT2D eigenvalue weighted by atomic mass is 32.1. The first kappa shape index (κ1) is 16.7. The fraction of sp³-hybridized carbons (Fsp3) is 0.294. The van der Waals surface area contributed by atoms with Crippen LogP contribution in [-0.4, -0.2) is 9.97 Å². The van der Waals surface area contributed by atoms with Gasteiger partial charge < -0.3 is 5.32 Å². The lowest BCUT2D eigenvalue weighted by Gasteiger charge is -2.15. The second-order valence-electron chi connectivity index (χ2n) is 5.42. The zero-order valence-corrected chi connectivity index (χ0v) is 14.1. The molecule has 0 fully saturated rings. The predicted molar refractivity (Wildman–Crippen MR) is 90.3 cm³/mol. The van der Waals surface area contributed by atoms with Crippen LogP contribution in [0, 0.1) is 6.92 Å². The summed E-state index contributed by atoms with van der Waals surface area (Å²) < 4.78 is 38.0. The van der Waals surface area contributed by atoms with Crippen LogP contribution in [0.25, 0.3) is 10.9 Å². The number of fused-ring (bicyclic) bond motifs is 1. The van der Waals surface area contributed by atoms with Crippen LogP contribution < -0.4 is 5.32 Å². The third-order valence-electron chi connectivity index (χ3n) is 3.79. The van der Waals surface area contributed by atoms with Gasteiger partial charge in [-0.3, -0.25) is 4.98 Å². The number of anilines is 1. The molecule has 3 rings (SSSR count). The van der Waals surface area contributed by atoms with Crippen molar-refractivity contribution in [2.75, 3.05) is 5.32 Å². The SMILES string of the molecule is CCc1c(C)nc2ccccc2c1NCc1csc(C(F)(F)F)n1. The monoisotopic (exact) mass is 351 g/mol. The molecule has 0 saturated heterocycles. The van der Waals surface area contributed by atoms with E-state index in [0.717, 1.165) is 34.3 Å². The largest absolute Gasteiger partial charge is 0.443 e. The maximum Gasteiger partial charge on any atom is 0.443 e. The zero-order chi connectivity index (χ0) is 17.3. The number of nitrogens with zero attached hydrogens (tertiary/aromatic N) is 2. The predicted octanol–water partition coefficient (Wildman–Crippen LogP) is 5.19. The molecule has 0 aliphatic carbocycles. The number of rotatable bonds is 4. The van der Waals surface area contributed by atoms with Crippen molar-refractivity contribution >= 4 is 27.9 Å². The van der Waals surface area contributed by atoms with Crippen molar-refractivity contribution in [1.82, 2.24) is 9.97 Å². The van der Waals surface area contributed by atoms with Crippen LogP contribution in [-0.2, 0) is 19.1 Å². The number of benzene rings is 1. The van der Waals surface area contributed by atoms with Crippen molar-refractivity contribution < 1.29 is 13.2 Å². The third kappa shape index (κ3) is 3.21. The Balaban J connectivity index is 1.93. The number of aromatic nitrogens is 2. The highest BCUT2D eigenvalue weighted by molar-refractivity contribution is 7.09. The van der Waals surface area contributed by atoms with Gasteiger partial charge in [0.05, 0.1) is 17.8 Å². The molecule has 2 aromatic heterocycles. The summed E-state index contributed by atoms with van der Waals surface area (Å²) in [7, 11) is 0. The fourth-order valence-electron chi connectivity index (χ4n) is 2.71. The Morgan fingerprint density at radius 2 is 1.92 bits per heavy atom. The summed E-state index contributed by atoms with van der Waals surface area (Å²) in [4.78, 5) is 8.27. The van der Waals surface area contributed by atoms with Crippen molar-refractivity contribution in [3.8, 4) is 0 Å². The highest BCUT2D eigenvalue weighted by Crippen LogP contribution is 2.33. The topological polar surface area (TPSA) is 37.8 Å². The molecule has 0 bridgehead atoms. The maximum atomic E-state index is 12.7. The van der Waals surface area contributed by atoms with Crippen LogP contribution in [0.1, 0.15) is 28.9 Å². The standard InChI is InChI=1S/C17H16F3N3S/c1-3-12-10(2)22-14-7-5-4-6-13(14)15(12)21-8-11-9-24-16(23-11)17(18,19)20/h4-7,9H,3,8H2,1-2H3,(H,21,22). The molecular weight excluding hydrogens is 335 g/mol. The smallest absolute Gasteiger partial charge is 0.379 e. The van der Waals surface area contributed by atoms with Gasteiger partial charge in [0.2, 0.25) is 0 Å². The molecule has 24 heavy (non-hydrogen) atoms. The first-order valence-electron chi connectivity index (χ1n) is 7.53. The Hall–Kier alpha value is -2.15. The fourth-order valence-corrected chi connectivity index (χ4v) is 3.39. The van der Waals surface area contributed by atoms with Crippen molar-refractivity contribution in [1.29, 1.82) is 0 Å². The van der Waals surface area contributed by atoms with Crippen molar-refractivity contribution in [3.05, 3.63) is 51.6 Å². The van der Waals surface area contributed by atoms with Gasteiger partial charge in [-0.15, -0.1) is 11.3 Å². The van der Waals surface area contributed by atoms with Crippen molar-refractivity contribution in [2.45, 2.75) is 33.0 Å². The Labute approximate surface area is 141 Å². The molecule has 1 aromatic carbocycles. The number of alkyl halides is 3.